The molecule has 0 aliphatic carbocycles. The first kappa shape index (κ1) is 12.3. The highest BCUT2D eigenvalue weighted by atomic mass is 19.1. The second-order valence-electron chi connectivity index (χ2n) is 4.78. The second-order valence-corrected chi connectivity index (χ2v) is 4.78. The molecular weight excluding hydrogens is 283 g/mol. The first-order valence-electron chi connectivity index (χ1n) is 6.41. The number of nitrogen functional groups attached to an aromatic ring is 1. The number of nitrogens with two attached hydrogens (primary N) is 1. The number of halogens is 1. The van der Waals surface area contributed by atoms with Gasteiger partial charge in [-0.2, -0.15) is 0 Å². The van der Waals surface area contributed by atoms with Crippen molar-refractivity contribution in [2.75, 3.05) is 5.73 Å². The number of rotatable bonds is 1. The number of nitrogens with one attached hydrogen (secondary N) is 1. The Kier molecular flexibility index (Phi) is 2.41. The fourth-order valence-electron chi connectivity index (χ4n) is 2.38. The molecule has 7 heteroatoms. The zero-order valence-electron chi connectivity index (χ0n) is 11.2. The van der Waals surface area contributed by atoms with Crippen molar-refractivity contribution >= 4 is 22.4 Å². The molecule has 0 fully saturated rings. The normalized spacial score (nSPS) is 11.1. The van der Waals surface area contributed by atoms with Crippen molar-refractivity contribution in [1.82, 2.24) is 24.6 Å². The van der Waals surface area contributed by atoms with E-state index in [0.29, 0.717) is 39.3 Å². The molecule has 0 spiro atoms. The van der Waals surface area contributed by atoms with Crippen LogP contribution < -0.4 is 5.73 Å². The number of hydrogen-bond acceptors (Lipinski definition) is 4. The van der Waals surface area contributed by atoms with Crippen molar-refractivity contribution in [3.05, 3.63) is 42.1 Å². The molecule has 0 aliphatic heterocycles. The summed E-state index contributed by atoms with van der Waals surface area (Å²) in [6, 6.07) is 3.11. The summed E-state index contributed by atoms with van der Waals surface area (Å²) in [6.45, 7) is 0. The van der Waals surface area contributed by atoms with Crippen LogP contribution in [0, 0.1) is 18.2 Å². The highest BCUT2D eigenvalue weighted by molar-refractivity contribution is 5.91. The Balaban J connectivity index is 2.00. The Labute approximate surface area is 123 Å². The molecule has 4 aromatic rings. The van der Waals surface area contributed by atoms with Gasteiger partial charge in [0.25, 0.3) is 0 Å². The third-order valence-corrected chi connectivity index (χ3v) is 3.40. The fraction of sp³-hybridized carbons (Fsp3) is 0. The first-order valence-corrected chi connectivity index (χ1v) is 6.41. The van der Waals surface area contributed by atoms with Crippen LogP contribution in [0.15, 0.2) is 30.7 Å². The standard InChI is InChI=1S/C15H9FN6/c1-2-8-3-12-13(17)20-15(21-22(12)7-8)11-6-19-14-10(11)4-9(16)5-18-14/h1,3-7H,(H,18,19)(H2,17,20,21). The number of aromatic amines is 1. The van der Waals surface area contributed by atoms with E-state index >= 15 is 0 Å². The number of hydrogen-bond donors (Lipinski definition) is 2. The summed E-state index contributed by atoms with van der Waals surface area (Å²) in [6.07, 6.45) is 9.88. The second kappa shape index (κ2) is 4.30. The zero-order valence-corrected chi connectivity index (χ0v) is 11.2. The molecule has 4 heterocycles. The van der Waals surface area contributed by atoms with E-state index in [1.54, 1.807) is 23.0 Å². The van der Waals surface area contributed by atoms with Gasteiger partial charge in [0.1, 0.15) is 17.0 Å². The summed E-state index contributed by atoms with van der Waals surface area (Å²) in [4.78, 5) is 11.2. The molecule has 0 aliphatic rings. The summed E-state index contributed by atoms with van der Waals surface area (Å²) in [5, 5.41) is 4.97. The fourth-order valence-corrected chi connectivity index (χ4v) is 2.38. The molecule has 0 unspecified atom stereocenters. The Morgan fingerprint density at radius 1 is 1.36 bits per heavy atom. The molecule has 106 valence electrons. The first-order chi connectivity index (χ1) is 10.7. The summed E-state index contributed by atoms with van der Waals surface area (Å²) in [5.41, 5.74) is 8.42. The molecule has 0 atom stereocenters. The monoisotopic (exact) mass is 292 g/mol. The van der Waals surface area contributed by atoms with Crippen LogP contribution in [-0.4, -0.2) is 24.6 Å². The largest absolute Gasteiger partial charge is 0.382 e. The van der Waals surface area contributed by atoms with E-state index < -0.39 is 5.82 Å². The average Bonchev–Trinajstić information content (AvgIpc) is 3.10. The number of nitrogens with zero attached hydrogens (tertiary/aromatic N) is 4. The van der Waals surface area contributed by atoms with Crippen LogP contribution in [0.3, 0.4) is 0 Å². The smallest absolute Gasteiger partial charge is 0.184 e. The summed E-state index contributed by atoms with van der Waals surface area (Å²) < 4.78 is 15.0. The minimum Gasteiger partial charge on any atom is -0.382 e. The van der Waals surface area contributed by atoms with Crippen LogP contribution in [-0.2, 0) is 0 Å². The maximum atomic E-state index is 13.4. The Morgan fingerprint density at radius 3 is 3.05 bits per heavy atom. The van der Waals surface area contributed by atoms with E-state index in [-0.39, 0.29) is 0 Å². The van der Waals surface area contributed by atoms with Crippen molar-refractivity contribution < 1.29 is 4.39 Å². The van der Waals surface area contributed by atoms with Gasteiger partial charge in [0.15, 0.2) is 11.6 Å². The topological polar surface area (TPSA) is 84.9 Å². The molecule has 6 nitrogen and oxygen atoms in total. The quantitative estimate of drug-likeness (QED) is 0.525. The number of anilines is 1. The van der Waals surface area contributed by atoms with Crippen molar-refractivity contribution in [3.63, 3.8) is 0 Å². The molecule has 4 aromatic heterocycles. The molecule has 0 amide bonds. The van der Waals surface area contributed by atoms with Gasteiger partial charge in [-0.1, -0.05) is 5.92 Å². The van der Waals surface area contributed by atoms with Crippen LogP contribution in [0.4, 0.5) is 10.2 Å². The van der Waals surface area contributed by atoms with Crippen LogP contribution in [0.2, 0.25) is 0 Å². The van der Waals surface area contributed by atoms with Gasteiger partial charge in [-0.15, -0.1) is 11.5 Å². The van der Waals surface area contributed by atoms with E-state index in [4.69, 9.17) is 12.2 Å². The Hall–Kier alpha value is -3.40. The molecule has 0 saturated carbocycles. The van der Waals surface area contributed by atoms with Crippen LogP contribution in [0.1, 0.15) is 5.56 Å². The number of fused-ring (bicyclic) bond motifs is 2. The molecular formula is C15H9FN6. The van der Waals surface area contributed by atoms with Gasteiger partial charge in [0.05, 0.1) is 6.20 Å². The summed E-state index contributed by atoms with van der Waals surface area (Å²) in [5.74, 6) is 2.75. The van der Waals surface area contributed by atoms with Crippen molar-refractivity contribution in [1.29, 1.82) is 0 Å². The highest BCUT2D eigenvalue weighted by Crippen LogP contribution is 2.27. The number of aromatic nitrogens is 5. The van der Waals surface area contributed by atoms with Gasteiger partial charge >= 0.3 is 0 Å². The van der Waals surface area contributed by atoms with Gasteiger partial charge in [0, 0.05) is 28.9 Å². The van der Waals surface area contributed by atoms with E-state index in [0.717, 1.165) is 6.20 Å². The Morgan fingerprint density at radius 2 is 2.23 bits per heavy atom. The third-order valence-electron chi connectivity index (χ3n) is 3.40. The number of H-pyrrole nitrogens is 1. The van der Waals surface area contributed by atoms with E-state index in [1.807, 2.05) is 0 Å². The molecule has 3 N–H and O–H groups in total. The minimum absolute atomic E-state index is 0.296. The zero-order chi connectivity index (χ0) is 15.3. The molecule has 0 aromatic carbocycles. The summed E-state index contributed by atoms with van der Waals surface area (Å²) in [7, 11) is 0. The molecule has 4 rings (SSSR count). The summed E-state index contributed by atoms with van der Waals surface area (Å²) >= 11 is 0. The maximum Gasteiger partial charge on any atom is 0.184 e. The van der Waals surface area contributed by atoms with E-state index in [2.05, 4.69) is 26.0 Å². The van der Waals surface area contributed by atoms with Crippen LogP contribution >= 0.6 is 0 Å². The molecule has 0 saturated heterocycles. The molecule has 0 bridgehead atoms. The molecule has 0 radical (unpaired) electrons. The van der Waals surface area contributed by atoms with E-state index in [9.17, 15) is 4.39 Å². The Bertz CT molecular complexity index is 1070. The van der Waals surface area contributed by atoms with Crippen molar-refractivity contribution in [2.24, 2.45) is 0 Å². The highest BCUT2D eigenvalue weighted by Gasteiger charge is 2.14. The van der Waals surface area contributed by atoms with Gasteiger partial charge in [-0.3, -0.25) is 0 Å². The van der Waals surface area contributed by atoms with Gasteiger partial charge in [-0.05, 0) is 12.1 Å². The van der Waals surface area contributed by atoms with Gasteiger partial charge in [-0.25, -0.2) is 18.9 Å². The predicted octanol–water partition coefficient (Wildman–Crippen LogP) is 1.98. The maximum absolute atomic E-state index is 13.4. The lowest BCUT2D eigenvalue weighted by Gasteiger charge is -2.02. The van der Waals surface area contributed by atoms with Crippen molar-refractivity contribution in [2.45, 2.75) is 0 Å². The van der Waals surface area contributed by atoms with Crippen LogP contribution in [0.5, 0.6) is 0 Å². The lowest BCUT2D eigenvalue weighted by molar-refractivity contribution is 0.624. The number of terminal acetylenes is 1. The number of pyridine rings is 1. The van der Waals surface area contributed by atoms with Gasteiger partial charge in [0.2, 0.25) is 0 Å². The van der Waals surface area contributed by atoms with Crippen molar-refractivity contribution in [3.8, 4) is 23.7 Å². The van der Waals surface area contributed by atoms with Crippen LogP contribution in [0.25, 0.3) is 27.9 Å². The van der Waals surface area contributed by atoms with E-state index in [1.165, 1.54) is 6.07 Å². The SMILES string of the molecule is C#Cc1cc2c(N)nc(-c3c[nH]c4ncc(F)cc34)nn2c1. The average molecular weight is 292 g/mol. The predicted molar refractivity (Wildman–Crippen MR) is 80.4 cm³/mol. The molecule has 22 heavy (non-hydrogen) atoms. The minimum atomic E-state index is -0.432. The lowest BCUT2D eigenvalue weighted by Crippen LogP contribution is -2.02. The third kappa shape index (κ3) is 1.71. The lowest BCUT2D eigenvalue weighted by atomic mass is 10.2. The van der Waals surface area contributed by atoms with Gasteiger partial charge < -0.3 is 10.7 Å².